The van der Waals surface area contributed by atoms with Crippen LogP contribution in [0.4, 0.5) is 19.3 Å². The molecule has 1 aromatic heterocycles. The van der Waals surface area contributed by atoms with Gasteiger partial charge in [0.15, 0.2) is 0 Å². The number of nitrogens with zero attached hydrogens (tertiary/aromatic N) is 3. The summed E-state index contributed by atoms with van der Waals surface area (Å²) in [5.74, 6) is -0.520. The molecule has 0 bridgehead atoms. The minimum atomic E-state index is -2.81. The highest BCUT2D eigenvalue weighted by molar-refractivity contribution is 5.92. The fourth-order valence-electron chi connectivity index (χ4n) is 2.61. The molecule has 2 rings (SSSR count). The Labute approximate surface area is 151 Å². The molecule has 9 heteroatoms. The Morgan fingerprint density at radius 3 is 2.31 bits per heavy atom. The Hall–Kier alpha value is -2.45. The van der Waals surface area contributed by atoms with Gasteiger partial charge in [-0.05, 0) is 32.9 Å². The Morgan fingerprint density at radius 2 is 1.81 bits per heavy atom. The Balaban J connectivity index is 2.11. The molecule has 0 aliphatic carbocycles. The molecule has 7 nitrogen and oxygen atoms in total. The molecule has 0 saturated carbocycles. The summed E-state index contributed by atoms with van der Waals surface area (Å²) in [7, 11) is 1.41. The van der Waals surface area contributed by atoms with Crippen molar-refractivity contribution < 1.29 is 23.1 Å². The zero-order chi connectivity index (χ0) is 19.5. The minimum Gasteiger partial charge on any atom is -0.444 e. The molecule has 1 saturated heterocycles. The summed E-state index contributed by atoms with van der Waals surface area (Å²) in [6.07, 6.45) is -3.22. The van der Waals surface area contributed by atoms with Crippen molar-refractivity contribution in [3.05, 3.63) is 23.5 Å². The van der Waals surface area contributed by atoms with Crippen molar-refractivity contribution in [1.29, 1.82) is 0 Å². The molecule has 0 atom stereocenters. The highest BCUT2D eigenvalue weighted by Gasteiger charge is 2.28. The number of hydrogen-bond acceptors (Lipinski definition) is 5. The van der Waals surface area contributed by atoms with Crippen molar-refractivity contribution in [2.75, 3.05) is 38.1 Å². The average Bonchev–Trinajstić information content (AvgIpc) is 2.59. The lowest BCUT2D eigenvalue weighted by atomic mass is 10.2. The van der Waals surface area contributed by atoms with Gasteiger partial charge in [-0.1, -0.05) is 0 Å². The van der Waals surface area contributed by atoms with Crippen molar-refractivity contribution in [1.82, 2.24) is 15.2 Å². The number of nitrogens with one attached hydrogen (secondary N) is 1. The number of aromatic nitrogens is 1. The number of carbonyl (C=O) groups excluding carboxylic acids is 2. The van der Waals surface area contributed by atoms with Gasteiger partial charge in [-0.25, -0.2) is 18.6 Å². The quantitative estimate of drug-likeness (QED) is 0.885. The topological polar surface area (TPSA) is 74.8 Å². The van der Waals surface area contributed by atoms with E-state index in [9.17, 15) is 18.4 Å². The van der Waals surface area contributed by atoms with Crippen LogP contribution in [0.5, 0.6) is 0 Å². The van der Waals surface area contributed by atoms with Crippen LogP contribution in [-0.4, -0.2) is 60.7 Å². The molecule has 0 spiro atoms. The summed E-state index contributed by atoms with van der Waals surface area (Å²) in [5, 5.41) is 2.37. The summed E-state index contributed by atoms with van der Waals surface area (Å²) < 4.78 is 32.2. The monoisotopic (exact) mass is 370 g/mol. The summed E-state index contributed by atoms with van der Waals surface area (Å²) in [6.45, 7) is 6.82. The average molecular weight is 370 g/mol. The smallest absolute Gasteiger partial charge is 0.410 e. The molecule has 26 heavy (non-hydrogen) atoms. The molecular formula is C17H24F2N4O3. The predicted octanol–water partition coefficient (Wildman–Crippen LogP) is 2.44. The number of pyridine rings is 1. The van der Waals surface area contributed by atoms with Gasteiger partial charge in [0.1, 0.15) is 17.0 Å². The Morgan fingerprint density at radius 1 is 1.19 bits per heavy atom. The highest BCUT2D eigenvalue weighted by Crippen LogP contribution is 2.29. The number of halogens is 2. The summed E-state index contributed by atoms with van der Waals surface area (Å²) in [4.78, 5) is 30.8. The second-order valence-corrected chi connectivity index (χ2v) is 6.94. The van der Waals surface area contributed by atoms with E-state index in [2.05, 4.69) is 10.3 Å². The van der Waals surface area contributed by atoms with Gasteiger partial charge in [0, 0.05) is 33.2 Å². The van der Waals surface area contributed by atoms with E-state index in [4.69, 9.17) is 4.74 Å². The zero-order valence-electron chi connectivity index (χ0n) is 15.4. The van der Waals surface area contributed by atoms with E-state index in [1.54, 1.807) is 30.6 Å². The largest absolute Gasteiger partial charge is 0.444 e. The molecule has 2 heterocycles. The fraction of sp³-hybridized carbons (Fsp3) is 0.588. The lowest BCUT2D eigenvalue weighted by Gasteiger charge is -2.37. The van der Waals surface area contributed by atoms with Crippen molar-refractivity contribution >= 4 is 17.7 Å². The summed E-state index contributed by atoms with van der Waals surface area (Å²) >= 11 is 0. The number of hydrogen-bond donors (Lipinski definition) is 1. The first-order valence-electron chi connectivity index (χ1n) is 8.36. The summed E-state index contributed by atoms with van der Waals surface area (Å²) in [6, 6.07) is 2.89. The fourth-order valence-corrected chi connectivity index (χ4v) is 2.61. The van der Waals surface area contributed by atoms with Crippen molar-refractivity contribution in [2.24, 2.45) is 0 Å². The molecule has 0 unspecified atom stereocenters. The van der Waals surface area contributed by atoms with Gasteiger partial charge in [-0.15, -0.1) is 0 Å². The SMILES string of the molecule is CNC(=O)c1ccc(N2CCN(C(=O)OC(C)(C)C)CC2)c(C(F)F)n1. The van der Waals surface area contributed by atoms with Crippen LogP contribution < -0.4 is 10.2 Å². The first-order chi connectivity index (χ1) is 12.1. The minimum absolute atomic E-state index is 0.0565. The van der Waals surface area contributed by atoms with Crippen LogP contribution in [-0.2, 0) is 4.74 Å². The number of alkyl halides is 2. The molecular weight excluding hydrogens is 346 g/mol. The maximum Gasteiger partial charge on any atom is 0.410 e. The van der Waals surface area contributed by atoms with Crippen LogP contribution in [0, 0.1) is 0 Å². The second kappa shape index (κ2) is 7.84. The molecule has 1 N–H and O–H groups in total. The lowest BCUT2D eigenvalue weighted by molar-refractivity contribution is 0.0240. The molecule has 1 aliphatic heterocycles. The van der Waals surface area contributed by atoms with Gasteiger partial charge < -0.3 is 19.9 Å². The summed E-state index contributed by atoms with van der Waals surface area (Å²) in [5.41, 5.74) is -0.802. The number of anilines is 1. The first-order valence-corrected chi connectivity index (χ1v) is 8.36. The van der Waals surface area contributed by atoms with E-state index < -0.39 is 29.7 Å². The van der Waals surface area contributed by atoms with Gasteiger partial charge in [0.2, 0.25) is 0 Å². The number of ether oxygens (including phenoxy) is 1. The van der Waals surface area contributed by atoms with E-state index in [0.717, 1.165) is 0 Å². The van der Waals surface area contributed by atoms with Gasteiger partial charge >= 0.3 is 6.09 Å². The van der Waals surface area contributed by atoms with Crippen LogP contribution in [0.15, 0.2) is 12.1 Å². The van der Waals surface area contributed by atoms with Crippen molar-refractivity contribution in [3.8, 4) is 0 Å². The first kappa shape index (κ1) is 19.9. The normalized spacial score (nSPS) is 15.2. The van der Waals surface area contributed by atoms with E-state index in [0.29, 0.717) is 26.2 Å². The van der Waals surface area contributed by atoms with Crippen molar-refractivity contribution in [2.45, 2.75) is 32.8 Å². The van der Waals surface area contributed by atoms with Gasteiger partial charge in [0.05, 0.1) is 5.69 Å². The van der Waals surface area contributed by atoms with E-state index >= 15 is 0 Å². The maximum absolute atomic E-state index is 13.4. The molecule has 1 aromatic rings. The van der Waals surface area contributed by atoms with Gasteiger partial charge in [-0.3, -0.25) is 4.79 Å². The number of carbonyl (C=O) groups is 2. The Kier molecular flexibility index (Phi) is 5.99. The molecule has 0 aromatic carbocycles. The van der Waals surface area contributed by atoms with Crippen LogP contribution in [0.25, 0.3) is 0 Å². The molecule has 2 amide bonds. The van der Waals surface area contributed by atoms with Gasteiger partial charge in [-0.2, -0.15) is 0 Å². The lowest BCUT2D eigenvalue weighted by Crippen LogP contribution is -2.50. The van der Waals surface area contributed by atoms with E-state index in [-0.39, 0.29) is 11.4 Å². The highest BCUT2D eigenvalue weighted by atomic mass is 19.3. The van der Waals surface area contributed by atoms with E-state index in [1.807, 2.05) is 0 Å². The zero-order valence-corrected chi connectivity index (χ0v) is 15.4. The van der Waals surface area contributed by atoms with Crippen molar-refractivity contribution in [3.63, 3.8) is 0 Å². The molecule has 1 aliphatic rings. The standard InChI is InChI=1S/C17H24F2N4O3/c1-17(2,3)26-16(25)23-9-7-22(8-10-23)12-6-5-11(15(24)20-4)21-13(12)14(18)19/h5-6,14H,7-10H2,1-4H3,(H,20,24). The van der Waals surface area contributed by atoms with Gasteiger partial charge in [0.25, 0.3) is 12.3 Å². The third kappa shape index (κ3) is 4.80. The number of amides is 2. The molecule has 0 radical (unpaired) electrons. The maximum atomic E-state index is 13.4. The second-order valence-electron chi connectivity index (χ2n) is 6.94. The third-order valence-corrected chi connectivity index (χ3v) is 3.84. The van der Waals surface area contributed by atoms with E-state index in [1.165, 1.54) is 19.2 Å². The molecule has 1 fully saturated rings. The molecule has 144 valence electrons. The third-order valence-electron chi connectivity index (χ3n) is 3.84. The Bertz CT molecular complexity index is 668. The van der Waals surface area contributed by atoms with Crippen LogP contribution in [0.2, 0.25) is 0 Å². The number of piperazine rings is 1. The van der Waals surface area contributed by atoms with Crippen LogP contribution in [0.3, 0.4) is 0 Å². The van der Waals surface area contributed by atoms with Crippen LogP contribution in [0.1, 0.15) is 43.4 Å². The van der Waals surface area contributed by atoms with Crippen LogP contribution >= 0.6 is 0 Å². The number of rotatable bonds is 3. The predicted molar refractivity (Wildman–Crippen MR) is 92.6 cm³/mol.